The van der Waals surface area contributed by atoms with Gasteiger partial charge in [0.1, 0.15) is 0 Å². The predicted octanol–water partition coefficient (Wildman–Crippen LogP) is 1.93. The average molecular weight is 273 g/mol. The van der Waals surface area contributed by atoms with Gasteiger partial charge in [-0.2, -0.15) is 0 Å². The lowest BCUT2D eigenvalue weighted by molar-refractivity contribution is -0.115. The van der Waals surface area contributed by atoms with Gasteiger partial charge in [-0.1, -0.05) is 19.1 Å². The van der Waals surface area contributed by atoms with Crippen molar-refractivity contribution in [3.63, 3.8) is 0 Å². The third-order valence-electron chi connectivity index (χ3n) is 4.34. The molecule has 0 bridgehead atoms. The van der Waals surface area contributed by atoms with E-state index < -0.39 is 0 Å². The van der Waals surface area contributed by atoms with Gasteiger partial charge in [0.2, 0.25) is 5.91 Å². The van der Waals surface area contributed by atoms with Crippen LogP contribution in [0.3, 0.4) is 0 Å². The average Bonchev–Trinajstić information content (AvgIpc) is 2.63. The molecule has 1 atom stereocenters. The zero-order valence-corrected chi connectivity index (χ0v) is 12.1. The smallest absolute Gasteiger partial charge is 0.228 e. The largest absolute Gasteiger partial charge is 0.326 e. The Labute approximate surface area is 120 Å². The summed E-state index contributed by atoms with van der Waals surface area (Å²) in [5.74, 6) is 0.115. The highest BCUT2D eigenvalue weighted by Crippen LogP contribution is 2.30. The fraction of sp³-hybridized carbons (Fsp3) is 0.562. The maximum atomic E-state index is 11.5. The summed E-state index contributed by atoms with van der Waals surface area (Å²) < 4.78 is 0. The Balaban J connectivity index is 1.82. The molecular formula is C16H23N3O. The van der Waals surface area contributed by atoms with E-state index in [1.165, 1.54) is 12.0 Å². The number of anilines is 1. The molecule has 108 valence electrons. The number of fused-ring (bicyclic) bond motifs is 1. The summed E-state index contributed by atoms with van der Waals surface area (Å²) in [5.41, 5.74) is 3.50. The van der Waals surface area contributed by atoms with Crippen LogP contribution in [-0.2, 0) is 11.2 Å². The summed E-state index contributed by atoms with van der Waals surface area (Å²) in [4.78, 5) is 14.0. The number of amides is 1. The molecule has 0 saturated carbocycles. The number of carbonyl (C=O) groups excluding carboxylic acids is 1. The molecule has 4 heteroatoms. The van der Waals surface area contributed by atoms with Crippen LogP contribution < -0.4 is 10.6 Å². The molecule has 1 aromatic rings. The molecule has 1 fully saturated rings. The minimum Gasteiger partial charge on any atom is -0.326 e. The Morgan fingerprint density at radius 2 is 2.20 bits per heavy atom. The molecule has 0 spiro atoms. The van der Waals surface area contributed by atoms with E-state index in [-0.39, 0.29) is 5.91 Å². The molecule has 4 nitrogen and oxygen atoms in total. The second-order valence-corrected chi connectivity index (χ2v) is 5.71. The monoisotopic (exact) mass is 273 g/mol. The van der Waals surface area contributed by atoms with Gasteiger partial charge in [0.15, 0.2) is 0 Å². The molecular weight excluding hydrogens is 250 g/mol. The molecule has 0 radical (unpaired) electrons. The normalized spacial score (nSPS) is 21.1. The minimum atomic E-state index is 0.115. The summed E-state index contributed by atoms with van der Waals surface area (Å²) in [7, 11) is 0. The summed E-state index contributed by atoms with van der Waals surface area (Å²) in [6.45, 7) is 6.70. The lowest BCUT2D eigenvalue weighted by atomic mass is 9.99. The van der Waals surface area contributed by atoms with Gasteiger partial charge in [0.25, 0.3) is 0 Å². The number of carbonyl (C=O) groups is 1. The van der Waals surface area contributed by atoms with E-state index >= 15 is 0 Å². The van der Waals surface area contributed by atoms with Crippen molar-refractivity contribution in [3.05, 3.63) is 29.3 Å². The van der Waals surface area contributed by atoms with Gasteiger partial charge in [0.05, 0.1) is 6.42 Å². The molecule has 0 aromatic heterocycles. The zero-order chi connectivity index (χ0) is 13.9. The Hall–Kier alpha value is -1.39. The van der Waals surface area contributed by atoms with Crippen molar-refractivity contribution in [1.82, 2.24) is 10.2 Å². The van der Waals surface area contributed by atoms with Crippen molar-refractivity contribution < 1.29 is 4.79 Å². The first kappa shape index (κ1) is 13.6. The molecule has 20 heavy (non-hydrogen) atoms. The maximum absolute atomic E-state index is 11.5. The van der Waals surface area contributed by atoms with E-state index in [9.17, 15) is 4.79 Å². The van der Waals surface area contributed by atoms with Crippen LogP contribution >= 0.6 is 0 Å². The number of benzene rings is 1. The molecule has 2 heterocycles. The van der Waals surface area contributed by atoms with Crippen LogP contribution in [-0.4, -0.2) is 37.0 Å². The van der Waals surface area contributed by atoms with Crippen LogP contribution in [0.1, 0.15) is 36.9 Å². The van der Waals surface area contributed by atoms with Crippen LogP contribution in [0.15, 0.2) is 18.2 Å². The number of hydrogen-bond acceptors (Lipinski definition) is 3. The Bertz CT molecular complexity index is 492. The summed E-state index contributed by atoms with van der Waals surface area (Å²) in [5, 5.41) is 6.37. The molecule has 1 amide bonds. The first-order chi connectivity index (χ1) is 9.78. The second kappa shape index (κ2) is 5.94. The van der Waals surface area contributed by atoms with E-state index in [0.29, 0.717) is 12.5 Å². The quantitative estimate of drug-likeness (QED) is 0.884. The van der Waals surface area contributed by atoms with E-state index in [1.807, 2.05) is 0 Å². The van der Waals surface area contributed by atoms with Crippen molar-refractivity contribution in [2.24, 2.45) is 0 Å². The van der Waals surface area contributed by atoms with Crippen LogP contribution in [0.25, 0.3) is 0 Å². The molecule has 1 aromatic carbocycles. The number of nitrogens with one attached hydrogen (secondary N) is 2. The Morgan fingerprint density at radius 3 is 3.05 bits per heavy atom. The van der Waals surface area contributed by atoms with Crippen molar-refractivity contribution in [2.45, 2.75) is 32.2 Å². The highest BCUT2D eigenvalue weighted by Gasteiger charge is 2.23. The summed E-state index contributed by atoms with van der Waals surface area (Å²) >= 11 is 0. The summed E-state index contributed by atoms with van der Waals surface area (Å²) in [6.07, 6.45) is 2.85. The van der Waals surface area contributed by atoms with Gasteiger partial charge in [-0.3, -0.25) is 9.69 Å². The van der Waals surface area contributed by atoms with Crippen LogP contribution in [0, 0.1) is 0 Å². The second-order valence-electron chi connectivity index (χ2n) is 5.71. The molecule has 1 saturated heterocycles. The third kappa shape index (κ3) is 2.72. The molecule has 0 aliphatic carbocycles. The van der Waals surface area contributed by atoms with Crippen molar-refractivity contribution >= 4 is 11.6 Å². The third-order valence-corrected chi connectivity index (χ3v) is 4.34. The Kier molecular flexibility index (Phi) is 4.03. The van der Waals surface area contributed by atoms with E-state index in [0.717, 1.165) is 43.9 Å². The van der Waals surface area contributed by atoms with E-state index in [1.54, 1.807) is 0 Å². The Morgan fingerprint density at radius 1 is 1.30 bits per heavy atom. The molecule has 2 aliphatic heterocycles. The van der Waals surface area contributed by atoms with Gasteiger partial charge in [-0.15, -0.1) is 0 Å². The highest BCUT2D eigenvalue weighted by molar-refractivity contribution is 5.99. The molecule has 1 unspecified atom stereocenters. The number of nitrogens with zero attached hydrogens (tertiary/aromatic N) is 1. The van der Waals surface area contributed by atoms with Gasteiger partial charge >= 0.3 is 0 Å². The summed E-state index contributed by atoms with van der Waals surface area (Å²) in [6, 6.07) is 6.93. The van der Waals surface area contributed by atoms with Gasteiger partial charge in [-0.05, 0) is 36.6 Å². The first-order valence-electron chi connectivity index (χ1n) is 7.65. The lowest BCUT2D eigenvalue weighted by Gasteiger charge is -2.30. The lowest BCUT2D eigenvalue weighted by Crippen LogP contribution is -2.32. The standard InChI is InChI=1S/C16H23N3O/c1-2-15(19-8-3-6-17-7-9-19)12-4-5-14-13(10-12)11-16(20)18-14/h4-5,10,15,17H,2-3,6-9,11H2,1H3,(H,18,20). The topological polar surface area (TPSA) is 44.4 Å². The van der Waals surface area contributed by atoms with Crippen LogP contribution in [0.4, 0.5) is 5.69 Å². The SMILES string of the molecule is CCC(c1ccc2c(c1)CC(=O)N2)N1CCCNCC1. The van der Waals surface area contributed by atoms with Crippen LogP contribution in [0.2, 0.25) is 0 Å². The number of rotatable bonds is 3. The molecule has 3 rings (SSSR count). The predicted molar refractivity (Wildman–Crippen MR) is 80.9 cm³/mol. The minimum absolute atomic E-state index is 0.115. The van der Waals surface area contributed by atoms with Crippen molar-refractivity contribution in [3.8, 4) is 0 Å². The highest BCUT2D eigenvalue weighted by atomic mass is 16.1. The fourth-order valence-electron chi connectivity index (χ4n) is 3.34. The van der Waals surface area contributed by atoms with Gasteiger partial charge < -0.3 is 10.6 Å². The fourth-order valence-corrected chi connectivity index (χ4v) is 3.34. The molecule has 2 aliphatic rings. The van der Waals surface area contributed by atoms with E-state index in [2.05, 4.69) is 40.7 Å². The van der Waals surface area contributed by atoms with Gasteiger partial charge in [0, 0.05) is 31.4 Å². The van der Waals surface area contributed by atoms with Crippen molar-refractivity contribution in [2.75, 3.05) is 31.5 Å². The maximum Gasteiger partial charge on any atom is 0.228 e. The van der Waals surface area contributed by atoms with Gasteiger partial charge in [-0.25, -0.2) is 0 Å². The van der Waals surface area contributed by atoms with Crippen molar-refractivity contribution in [1.29, 1.82) is 0 Å². The van der Waals surface area contributed by atoms with E-state index in [4.69, 9.17) is 0 Å². The zero-order valence-electron chi connectivity index (χ0n) is 12.1. The molecule has 2 N–H and O–H groups in total. The first-order valence-corrected chi connectivity index (χ1v) is 7.65. The van der Waals surface area contributed by atoms with Crippen LogP contribution in [0.5, 0.6) is 0 Å². The number of hydrogen-bond donors (Lipinski definition) is 2.